The molecule has 0 heterocycles. The van der Waals surface area contributed by atoms with E-state index < -0.39 is 0 Å². The van der Waals surface area contributed by atoms with Crippen LogP contribution >= 0.6 is 34.4 Å². The SMILES string of the molecule is CSCC(C)(C)NC(=O)c1ccccc1CI. The van der Waals surface area contributed by atoms with Gasteiger partial charge in [-0.3, -0.25) is 4.79 Å². The molecule has 0 aromatic heterocycles. The zero-order valence-corrected chi connectivity index (χ0v) is 13.4. The minimum atomic E-state index is -0.172. The molecule has 0 spiro atoms. The number of thioether (sulfide) groups is 1. The van der Waals surface area contributed by atoms with Crippen LogP contribution in [-0.2, 0) is 4.43 Å². The summed E-state index contributed by atoms with van der Waals surface area (Å²) in [5.74, 6) is 0.932. The standard InChI is InChI=1S/C13H18INOS/c1-13(2,9-17-3)15-12(16)11-7-5-4-6-10(11)8-14/h4-7H,8-9H2,1-3H3,(H,15,16). The Morgan fingerprint density at radius 2 is 2.06 bits per heavy atom. The van der Waals surface area contributed by atoms with Crippen molar-refractivity contribution in [2.75, 3.05) is 12.0 Å². The Kier molecular flexibility index (Phi) is 5.79. The molecule has 4 heteroatoms. The molecule has 0 saturated heterocycles. The van der Waals surface area contributed by atoms with E-state index in [1.807, 2.05) is 44.4 Å². The number of nitrogens with one attached hydrogen (secondary N) is 1. The monoisotopic (exact) mass is 363 g/mol. The molecule has 0 bridgehead atoms. The van der Waals surface area contributed by atoms with Gasteiger partial charge in [-0.05, 0) is 31.7 Å². The fraction of sp³-hybridized carbons (Fsp3) is 0.462. The Hall–Kier alpha value is -0.230. The first-order valence-corrected chi connectivity index (χ1v) is 8.37. The summed E-state index contributed by atoms with van der Waals surface area (Å²) >= 11 is 4.02. The summed E-state index contributed by atoms with van der Waals surface area (Å²) in [6.07, 6.45) is 2.05. The second-order valence-corrected chi connectivity index (χ2v) is 6.19. The molecule has 0 fully saturated rings. The predicted molar refractivity (Wildman–Crippen MR) is 84.1 cm³/mol. The second kappa shape index (κ2) is 6.64. The molecular weight excluding hydrogens is 345 g/mol. The largest absolute Gasteiger partial charge is 0.346 e. The quantitative estimate of drug-likeness (QED) is 0.641. The number of hydrogen-bond donors (Lipinski definition) is 1. The summed E-state index contributed by atoms with van der Waals surface area (Å²) in [6.45, 7) is 4.10. The molecule has 1 amide bonds. The molecule has 1 rings (SSSR count). The van der Waals surface area contributed by atoms with E-state index in [1.54, 1.807) is 11.8 Å². The normalized spacial score (nSPS) is 11.3. The summed E-state index contributed by atoms with van der Waals surface area (Å²) in [7, 11) is 0. The van der Waals surface area contributed by atoms with Gasteiger partial charge in [0.15, 0.2) is 0 Å². The van der Waals surface area contributed by atoms with Crippen molar-refractivity contribution in [1.29, 1.82) is 0 Å². The van der Waals surface area contributed by atoms with Gasteiger partial charge in [0.05, 0.1) is 0 Å². The topological polar surface area (TPSA) is 29.1 Å². The molecule has 0 aliphatic carbocycles. The van der Waals surface area contributed by atoms with Crippen LogP contribution in [0.1, 0.15) is 29.8 Å². The van der Waals surface area contributed by atoms with E-state index in [-0.39, 0.29) is 11.4 Å². The Morgan fingerprint density at radius 3 is 2.65 bits per heavy atom. The van der Waals surface area contributed by atoms with Gasteiger partial charge in [-0.15, -0.1) is 0 Å². The first-order chi connectivity index (χ1) is 8.00. The lowest BCUT2D eigenvalue weighted by Gasteiger charge is -2.25. The van der Waals surface area contributed by atoms with E-state index >= 15 is 0 Å². The highest BCUT2D eigenvalue weighted by molar-refractivity contribution is 14.1. The fourth-order valence-corrected chi connectivity index (χ4v) is 3.09. The Morgan fingerprint density at radius 1 is 1.41 bits per heavy atom. The van der Waals surface area contributed by atoms with E-state index in [0.29, 0.717) is 0 Å². The van der Waals surface area contributed by atoms with Crippen LogP contribution in [-0.4, -0.2) is 23.5 Å². The highest BCUT2D eigenvalue weighted by Gasteiger charge is 2.21. The molecule has 0 atom stereocenters. The first kappa shape index (κ1) is 14.8. The van der Waals surface area contributed by atoms with Gasteiger partial charge >= 0.3 is 0 Å². The number of rotatable bonds is 5. The smallest absolute Gasteiger partial charge is 0.252 e. The van der Waals surface area contributed by atoms with Crippen LogP contribution < -0.4 is 5.32 Å². The van der Waals surface area contributed by atoms with Crippen molar-refractivity contribution in [1.82, 2.24) is 5.32 Å². The molecule has 1 aromatic rings. The van der Waals surface area contributed by atoms with Gasteiger partial charge in [-0.2, -0.15) is 11.8 Å². The third-order valence-electron chi connectivity index (χ3n) is 2.36. The highest BCUT2D eigenvalue weighted by Crippen LogP contribution is 2.15. The lowest BCUT2D eigenvalue weighted by atomic mass is 10.0. The van der Waals surface area contributed by atoms with E-state index in [4.69, 9.17) is 0 Å². The molecule has 17 heavy (non-hydrogen) atoms. The van der Waals surface area contributed by atoms with Gasteiger partial charge in [0, 0.05) is 21.3 Å². The van der Waals surface area contributed by atoms with Crippen molar-refractivity contribution in [2.45, 2.75) is 23.8 Å². The van der Waals surface area contributed by atoms with Gasteiger partial charge in [0.2, 0.25) is 0 Å². The number of halogens is 1. The molecule has 1 N–H and O–H groups in total. The zero-order valence-electron chi connectivity index (χ0n) is 10.4. The minimum Gasteiger partial charge on any atom is -0.346 e. The zero-order chi connectivity index (χ0) is 12.9. The molecule has 2 nitrogen and oxygen atoms in total. The molecule has 94 valence electrons. The highest BCUT2D eigenvalue weighted by atomic mass is 127. The van der Waals surface area contributed by atoms with Gasteiger partial charge in [0.25, 0.3) is 5.91 Å². The van der Waals surface area contributed by atoms with Crippen LogP contribution in [0.4, 0.5) is 0 Å². The average molecular weight is 363 g/mol. The van der Waals surface area contributed by atoms with E-state index in [1.165, 1.54) is 0 Å². The second-order valence-electron chi connectivity index (χ2n) is 4.56. The summed E-state index contributed by atoms with van der Waals surface area (Å²) in [5, 5.41) is 3.09. The maximum absolute atomic E-state index is 12.2. The minimum absolute atomic E-state index is 0.0244. The Labute approximate surface area is 121 Å². The summed E-state index contributed by atoms with van der Waals surface area (Å²) in [4.78, 5) is 12.2. The average Bonchev–Trinajstić information content (AvgIpc) is 2.28. The summed E-state index contributed by atoms with van der Waals surface area (Å²) in [5.41, 5.74) is 1.70. The van der Waals surface area contributed by atoms with E-state index in [9.17, 15) is 4.79 Å². The van der Waals surface area contributed by atoms with Crippen LogP contribution in [0.15, 0.2) is 24.3 Å². The lowest BCUT2D eigenvalue weighted by Crippen LogP contribution is -2.45. The molecule has 1 aromatic carbocycles. The maximum atomic E-state index is 12.2. The molecule has 0 unspecified atom stereocenters. The Balaban J connectivity index is 2.83. The van der Waals surface area contributed by atoms with Crippen molar-refractivity contribution in [3.05, 3.63) is 35.4 Å². The van der Waals surface area contributed by atoms with Crippen molar-refractivity contribution in [3.63, 3.8) is 0 Å². The number of carbonyl (C=O) groups is 1. The lowest BCUT2D eigenvalue weighted by molar-refractivity contribution is 0.0920. The fourth-order valence-electron chi connectivity index (χ4n) is 1.63. The number of alkyl halides is 1. The van der Waals surface area contributed by atoms with Crippen molar-refractivity contribution in [3.8, 4) is 0 Å². The molecule has 0 radical (unpaired) electrons. The summed E-state index contributed by atoms with van der Waals surface area (Å²) < 4.78 is 0.851. The van der Waals surface area contributed by atoms with Crippen LogP contribution in [0, 0.1) is 0 Å². The summed E-state index contributed by atoms with van der Waals surface area (Å²) in [6, 6.07) is 7.77. The van der Waals surface area contributed by atoms with Gasteiger partial charge in [-0.25, -0.2) is 0 Å². The predicted octanol–water partition coefficient (Wildman–Crippen LogP) is 3.49. The van der Waals surface area contributed by atoms with Crippen molar-refractivity contribution < 1.29 is 4.79 Å². The van der Waals surface area contributed by atoms with Crippen LogP contribution in [0.2, 0.25) is 0 Å². The molecular formula is C13H18INOS. The van der Waals surface area contributed by atoms with Gasteiger partial charge < -0.3 is 5.32 Å². The molecule has 0 aliphatic rings. The van der Waals surface area contributed by atoms with E-state index in [2.05, 4.69) is 27.9 Å². The van der Waals surface area contributed by atoms with Crippen LogP contribution in [0.3, 0.4) is 0 Å². The van der Waals surface area contributed by atoms with Crippen molar-refractivity contribution >= 4 is 40.3 Å². The van der Waals surface area contributed by atoms with E-state index in [0.717, 1.165) is 21.3 Å². The van der Waals surface area contributed by atoms with Gasteiger partial charge in [0.1, 0.15) is 0 Å². The number of hydrogen-bond acceptors (Lipinski definition) is 2. The third kappa shape index (κ3) is 4.50. The van der Waals surface area contributed by atoms with Crippen LogP contribution in [0.5, 0.6) is 0 Å². The third-order valence-corrected chi connectivity index (χ3v) is 4.20. The Bertz CT molecular complexity index is 393. The van der Waals surface area contributed by atoms with Crippen molar-refractivity contribution in [2.24, 2.45) is 0 Å². The molecule has 0 saturated carbocycles. The number of amides is 1. The number of benzene rings is 1. The first-order valence-electron chi connectivity index (χ1n) is 5.45. The molecule has 0 aliphatic heterocycles. The number of carbonyl (C=O) groups excluding carboxylic acids is 1. The van der Waals surface area contributed by atoms with Gasteiger partial charge in [-0.1, -0.05) is 40.8 Å². The maximum Gasteiger partial charge on any atom is 0.252 e. The van der Waals surface area contributed by atoms with Crippen LogP contribution in [0.25, 0.3) is 0 Å².